The molecule has 5 aliphatic rings. The molecule has 1 saturated heterocycles. The van der Waals surface area contributed by atoms with Crippen LogP contribution in [0.5, 0.6) is 0 Å². The van der Waals surface area contributed by atoms with Crippen molar-refractivity contribution in [2.24, 2.45) is 34.5 Å². The highest BCUT2D eigenvalue weighted by atomic mass is 19.1. The zero-order valence-corrected chi connectivity index (χ0v) is 32.4. The fourth-order valence-electron chi connectivity index (χ4n) is 11.5. The van der Waals surface area contributed by atoms with Gasteiger partial charge in [-0.3, -0.25) is 19.2 Å². The second kappa shape index (κ2) is 15.4. The largest absolute Gasteiger partial charge is 0.378 e. The first-order valence-electron chi connectivity index (χ1n) is 20.7. The van der Waals surface area contributed by atoms with Gasteiger partial charge in [0.05, 0.1) is 22.7 Å². The van der Waals surface area contributed by atoms with Crippen molar-refractivity contribution in [2.75, 3.05) is 32.8 Å². The molecule has 3 aromatic rings. The third-order valence-electron chi connectivity index (χ3n) is 14.6. The average Bonchev–Trinajstić information content (AvgIpc) is 3.54. The van der Waals surface area contributed by atoms with Crippen molar-refractivity contribution in [3.63, 3.8) is 0 Å². The number of fused-ring (bicyclic) bond motifs is 6. The van der Waals surface area contributed by atoms with Crippen molar-refractivity contribution in [1.29, 1.82) is 0 Å². The number of rotatable bonds is 10. The molecule has 0 bridgehead atoms. The summed E-state index contributed by atoms with van der Waals surface area (Å²) < 4.78 is 21.6. The highest BCUT2D eigenvalue weighted by Crippen LogP contribution is 2.65. The second-order valence-electron chi connectivity index (χ2n) is 17.5. The normalized spacial score (nSPS) is 30.2. The van der Waals surface area contributed by atoms with Crippen molar-refractivity contribution in [3.8, 4) is 0 Å². The molecule has 2 heterocycles. The van der Waals surface area contributed by atoms with Crippen LogP contribution in [0.15, 0.2) is 59.4 Å². The Bertz CT molecular complexity index is 2040. The Balaban J connectivity index is 0.764. The van der Waals surface area contributed by atoms with Gasteiger partial charge in [-0.1, -0.05) is 50.6 Å². The van der Waals surface area contributed by atoms with Crippen LogP contribution in [0, 0.1) is 40.3 Å². The van der Waals surface area contributed by atoms with E-state index >= 15 is 0 Å². The van der Waals surface area contributed by atoms with Gasteiger partial charge >= 0.3 is 0 Å². The first-order chi connectivity index (χ1) is 26.5. The number of unbranched alkanes of at least 4 members (excludes halogenated alkanes) is 2. The Labute approximate surface area is 323 Å². The number of benzene rings is 2. The van der Waals surface area contributed by atoms with Gasteiger partial charge < -0.3 is 14.5 Å². The first-order valence-corrected chi connectivity index (χ1v) is 20.7. The lowest BCUT2D eigenvalue weighted by Gasteiger charge is -2.58. The summed E-state index contributed by atoms with van der Waals surface area (Å²) in [5, 5.41) is 8.01. The topological polar surface area (TPSA) is 113 Å². The molecule has 0 spiro atoms. The number of allylic oxidation sites excluding steroid dienone is 2. The number of aromatic amines is 1. The van der Waals surface area contributed by atoms with Crippen LogP contribution in [-0.2, 0) is 20.7 Å². The molecule has 4 aliphatic carbocycles. The molecule has 7 atom stereocenters. The minimum atomic E-state index is -0.585. The molecule has 8 rings (SSSR count). The van der Waals surface area contributed by atoms with Gasteiger partial charge in [-0.25, -0.2) is 9.49 Å². The molecule has 1 N–H and O–H groups in total. The molecular weight excluding hydrogens is 696 g/mol. The van der Waals surface area contributed by atoms with Crippen molar-refractivity contribution >= 4 is 28.4 Å². The molecule has 1 aromatic heterocycles. The number of carbonyl (C=O) groups is 3. The Kier molecular flexibility index (Phi) is 10.6. The highest BCUT2D eigenvalue weighted by molar-refractivity contribution is 5.95. The molecule has 3 saturated carbocycles. The maximum absolute atomic E-state index is 15.0. The van der Waals surface area contributed by atoms with Crippen LogP contribution in [0.3, 0.4) is 0 Å². The molecule has 4 fully saturated rings. The summed E-state index contributed by atoms with van der Waals surface area (Å²) >= 11 is 0. The third kappa shape index (κ3) is 7.20. The monoisotopic (exact) mass is 750 g/mol. The van der Waals surface area contributed by atoms with Gasteiger partial charge in [0.1, 0.15) is 5.82 Å². The zero-order valence-electron chi connectivity index (χ0n) is 32.4. The SMILES string of the molecule is C[C@]12C=CC(=O)CC1CC[C@@H]1C2CC[C@@]2(C)C1CC[C@@H]2OCCCCCC(=O)N1CCN(C(=O)c2cc(Cc3n[nH]c(=O)c4ccccc34)ccc2F)CC1. The van der Waals surface area contributed by atoms with Crippen molar-refractivity contribution in [1.82, 2.24) is 20.0 Å². The molecule has 10 heteroatoms. The smallest absolute Gasteiger partial charge is 0.272 e. The number of amides is 2. The van der Waals surface area contributed by atoms with Crippen molar-refractivity contribution < 1.29 is 23.5 Å². The van der Waals surface area contributed by atoms with Crippen LogP contribution in [0.1, 0.15) is 106 Å². The molecule has 2 amide bonds. The van der Waals surface area contributed by atoms with Crippen LogP contribution >= 0.6 is 0 Å². The minimum absolute atomic E-state index is 0.000105. The van der Waals surface area contributed by atoms with E-state index in [0.29, 0.717) is 85.3 Å². The summed E-state index contributed by atoms with van der Waals surface area (Å²) in [5.41, 5.74) is 1.47. The van der Waals surface area contributed by atoms with Gasteiger partial charge in [-0.05, 0) is 116 Å². The van der Waals surface area contributed by atoms with Gasteiger partial charge in [0.2, 0.25) is 5.91 Å². The second-order valence-corrected chi connectivity index (χ2v) is 17.5. The number of nitrogens with zero attached hydrogens (tertiary/aromatic N) is 3. The predicted octanol–water partition coefficient (Wildman–Crippen LogP) is 7.27. The number of H-pyrrole nitrogens is 1. The van der Waals surface area contributed by atoms with Gasteiger partial charge in [-0.2, -0.15) is 5.10 Å². The van der Waals surface area contributed by atoms with E-state index in [1.807, 2.05) is 23.1 Å². The van der Waals surface area contributed by atoms with Crippen LogP contribution in [-0.4, -0.2) is 76.5 Å². The van der Waals surface area contributed by atoms with Crippen molar-refractivity contribution in [2.45, 2.75) is 97.0 Å². The van der Waals surface area contributed by atoms with E-state index < -0.39 is 5.82 Å². The predicted molar refractivity (Wildman–Crippen MR) is 209 cm³/mol. The van der Waals surface area contributed by atoms with Gasteiger partial charge in [0.25, 0.3) is 11.5 Å². The molecule has 9 nitrogen and oxygen atoms in total. The maximum atomic E-state index is 15.0. The summed E-state index contributed by atoms with van der Waals surface area (Å²) in [6.07, 6.45) is 15.9. The van der Waals surface area contributed by atoms with Crippen LogP contribution in [0.2, 0.25) is 0 Å². The molecule has 2 aromatic carbocycles. The quantitative estimate of drug-likeness (QED) is 0.218. The Morgan fingerprint density at radius 1 is 0.909 bits per heavy atom. The lowest BCUT2D eigenvalue weighted by Crippen LogP contribution is -2.53. The molecular formula is C45H55FN4O5. The zero-order chi connectivity index (χ0) is 38.3. The van der Waals surface area contributed by atoms with Crippen molar-refractivity contribution in [3.05, 3.63) is 87.6 Å². The molecule has 3 unspecified atom stereocenters. The Morgan fingerprint density at radius 3 is 2.51 bits per heavy atom. The molecule has 1 aliphatic heterocycles. The van der Waals surface area contributed by atoms with Gasteiger partial charge in [0, 0.05) is 57.4 Å². The first kappa shape index (κ1) is 37.7. The van der Waals surface area contributed by atoms with Crippen LogP contribution in [0.4, 0.5) is 4.39 Å². The number of aromatic nitrogens is 2. The minimum Gasteiger partial charge on any atom is -0.378 e. The fourth-order valence-corrected chi connectivity index (χ4v) is 11.5. The number of ether oxygens (including phenoxy) is 1. The summed E-state index contributed by atoms with van der Waals surface area (Å²) in [6, 6.07) is 11.7. The van der Waals surface area contributed by atoms with E-state index in [9.17, 15) is 23.6 Å². The molecule has 0 radical (unpaired) electrons. The number of nitrogens with one attached hydrogen (secondary N) is 1. The van der Waals surface area contributed by atoms with E-state index in [1.165, 1.54) is 38.2 Å². The van der Waals surface area contributed by atoms with E-state index in [1.54, 1.807) is 29.2 Å². The number of piperazine rings is 1. The fraction of sp³-hybridized carbons (Fsp3) is 0.578. The number of hydrogen-bond donors (Lipinski definition) is 1. The van der Waals surface area contributed by atoms with E-state index in [0.717, 1.165) is 50.0 Å². The number of ketones is 1. The number of halogens is 1. The lowest BCUT2D eigenvalue weighted by molar-refractivity contribution is -0.133. The van der Waals surface area contributed by atoms with E-state index in [-0.39, 0.29) is 33.8 Å². The average molecular weight is 751 g/mol. The summed E-state index contributed by atoms with van der Waals surface area (Å²) in [7, 11) is 0. The lowest BCUT2D eigenvalue weighted by atomic mass is 9.46. The van der Waals surface area contributed by atoms with E-state index in [4.69, 9.17) is 4.74 Å². The number of carbonyl (C=O) groups excluding carboxylic acids is 3. The van der Waals surface area contributed by atoms with Gasteiger partial charge in [-0.15, -0.1) is 0 Å². The van der Waals surface area contributed by atoms with Crippen LogP contribution in [0.25, 0.3) is 10.8 Å². The Morgan fingerprint density at radius 2 is 1.69 bits per heavy atom. The summed E-state index contributed by atoms with van der Waals surface area (Å²) in [5.74, 6) is 2.04. The Hall–Kier alpha value is -4.18. The van der Waals surface area contributed by atoms with E-state index in [2.05, 4.69) is 30.1 Å². The number of hydrogen-bond acceptors (Lipinski definition) is 6. The van der Waals surface area contributed by atoms with Crippen LogP contribution < -0.4 is 5.56 Å². The van der Waals surface area contributed by atoms with Gasteiger partial charge in [0.15, 0.2) is 5.78 Å². The third-order valence-corrected chi connectivity index (χ3v) is 14.6. The molecule has 292 valence electrons. The molecule has 55 heavy (non-hydrogen) atoms. The maximum Gasteiger partial charge on any atom is 0.272 e. The summed E-state index contributed by atoms with van der Waals surface area (Å²) in [4.78, 5) is 54.4. The highest BCUT2D eigenvalue weighted by Gasteiger charge is 2.59. The standard InChI is InChI=1S/C45H55FN4O5/c1-44-19-17-31(51)28-30(44)12-13-34-36-14-16-40(45(36,2)20-18-37(34)44)55-25-7-3-4-10-41(52)49-21-23-50(24-22-49)43(54)35-26-29(11-15-38(35)46)27-39-32-8-5-6-9-33(32)42(53)48-47-39/h5-6,8-9,11,15,17,19,26,30,34,36-37,40H,3-4,7,10,12-14,16,18,20-25,27-28H2,1-2H3,(H,48,53)/t30?,34-,36?,37?,40-,44-,45-/m0/s1. The summed E-state index contributed by atoms with van der Waals surface area (Å²) in [6.45, 7) is 7.21.